The molecule has 1 aromatic heterocycles. The average molecular weight is 279 g/mol. The van der Waals surface area contributed by atoms with Crippen LogP contribution in [-0.4, -0.2) is 6.18 Å². The van der Waals surface area contributed by atoms with Gasteiger partial charge in [-0.2, -0.15) is 13.2 Å². The Bertz CT molecular complexity index is 553. The molecule has 7 heteroatoms. The van der Waals surface area contributed by atoms with Gasteiger partial charge in [0.1, 0.15) is 5.76 Å². The third-order valence-electron chi connectivity index (χ3n) is 2.50. The molecule has 0 saturated heterocycles. The standard InChI is InChI=1S/C11H10ClF3N2O/c12-7-3-1-2-6-4-9(18-10(6)7)8(17-16)5-11(13,14)15/h1-4,8,17H,5,16H2. The van der Waals surface area contributed by atoms with Crippen LogP contribution in [0.4, 0.5) is 13.2 Å². The molecule has 0 amide bonds. The van der Waals surface area contributed by atoms with Gasteiger partial charge in [-0.25, -0.2) is 5.43 Å². The lowest BCUT2D eigenvalue weighted by Gasteiger charge is -2.15. The number of rotatable bonds is 3. The van der Waals surface area contributed by atoms with Crippen molar-refractivity contribution in [2.24, 2.45) is 5.84 Å². The molecule has 1 aromatic carbocycles. The average Bonchev–Trinajstić information content (AvgIpc) is 2.70. The lowest BCUT2D eigenvalue weighted by Crippen LogP contribution is -2.31. The minimum atomic E-state index is -4.33. The highest BCUT2D eigenvalue weighted by atomic mass is 35.5. The van der Waals surface area contributed by atoms with Crippen LogP contribution in [0.1, 0.15) is 18.2 Å². The van der Waals surface area contributed by atoms with Gasteiger partial charge in [0.15, 0.2) is 5.58 Å². The molecule has 0 aliphatic rings. The van der Waals surface area contributed by atoms with Gasteiger partial charge in [0.05, 0.1) is 17.5 Å². The van der Waals surface area contributed by atoms with Gasteiger partial charge in [-0.3, -0.25) is 5.84 Å². The number of hydrogen-bond donors (Lipinski definition) is 2. The lowest BCUT2D eigenvalue weighted by atomic mass is 10.1. The van der Waals surface area contributed by atoms with Gasteiger partial charge in [0.2, 0.25) is 0 Å². The van der Waals surface area contributed by atoms with Gasteiger partial charge >= 0.3 is 6.18 Å². The Kier molecular flexibility index (Phi) is 3.52. The lowest BCUT2D eigenvalue weighted by molar-refractivity contribution is -0.141. The van der Waals surface area contributed by atoms with Crippen molar-refractivity contribution in [3.05, 3.63) is 35.0 Å². The summed E-state index contributed by atoms with van der Waals surface area (Å²) in [6, 6.07) is 5.37. The van der Waals surface area contributed by atoms with Crippen molar-refractivity contribution in [1.29, 1.82) is 0 Å². The Hall–Kier alpha value is -1.24. The van der Waals surface area contributed by atoms with Crippen LogP contribution >= 0.6 is 11.6 Å². The fraction of sp³-hybridized carbons (Fsp3) is 0.273. The van der Waals surface area contributed by atoms with Gasteiger partial charge in [0, 0.05) is 5.39 Å². The van der Waals surface area contributed by atoms with E-state index in [1.807, 2.05) is 0 Å². The highest BCUT2D eigenvalue weighted by Gasteiger charge is 2.33. The van der Waals surface area contributed by atoms with Crippen molar-refractivity contribution in [3.8, 4) is 0 Å². The molecular formula is C11H10ClF3N2O. The maximum absolute atomic E-state index is 12.3. The molecule has 0 radical (unpaired) electrons. The van der Waals surface area contributed by atoms with E-state index in [9.17, 15) is 13.2 Å². The van der Waals surface area contributed by atoms with Crippen molar-refractivity contribution in [1.82, 2.24) is 5.43 Å². The quantitative estimate of drug-likeness (QED) is 0.667. The van der Waals surface area contributed by atoms with Crippen molar-refractivity contribution in [2.75, 3.05) is 0 Å². The summed E-state index contributed by atoms with van der Waals surface area (Å²) >= 11 is 5.88. The first-order chi connectivity index (χ1) is 8.40. The van der Waals surface area contributed by atoms with E-state index in [0.717, 1.165) is 0 Å². The fourth-order valence-corrected chi connectivity index (χ4v) is 1.91. The number of fused-ring (bicyclic) bond motifs is 1. The summed E-state index contributed by atoms with van der Waals surface area (Å²) in [4.78, 5) is 0. The van der Waals surface area contributed by atoms with Crippen LogP contribution in [0, 0.1) is 0 Å². The van der Waals surface area contributed by atoms with E-state index in [1.165, 1.54) is 6.07 Å². The normalized spacial score (nSPS) is 14.1. The number of para-hydroxylation sites is 1. The molecule has 1 heterocycles. The number of alkyl halides is 3. The number of nitrogens with two attached hydrogens (primary N) is 1. The predicted molar refractivity (Wildman–Crippen MR) is 62.0 cm³/mol. The summed E-state index contributed by atoms with van der Waals surface area (Å²) in [5.41, 5.74) is 2.46. The highest BCUT2D eigenvalue weighted by molar-refractivity contribution is 6.34. The molecular weight excluding hydrogens is 269 g/mol. The molecule has 0 spiro atoms. The van der Waals surface area contributed by atoms with Crippen molar-refractivity contribution < 1.29 is 17.6 Å². The molecule has 2 aromatic rings. The molecule has 18 heavy (non-hydrogen) atoms. The summed E-state index contributed by atoms with van der Waals surface area (Å²) in [6.45, 7) is 0. The first kappa shape index (κ1) is 13.2. The van der Waals surface area contributed by atoms with Gasteiger partial charge < -0.3 is 4.42 Å². The second-order valence-electron chi connectivity index (χ2n) is 3.85. The smallest absolute Gasteiger partial charge is 0.391 e. The minimum Gasteiger partial charge on any atom is -0.458 e. The molecule has 1 unspecified atom stereocenters. The molecule has 0 bridgehead atoms. The Balaban J connectivity index is 2.37. The summed E-state index contributed by atoms with van der Waals surface area (Å²) < 4.78 is 42.4. The second-order valence-corrected chi connectivity index (χ2v) is 4.25. The van der Waals surface area contributed by atoms with E-state index >= 15 is 0 Å². The Morgan fingerprint density at radius 2 is 2.11 bits per heavy atom. The number of hydrazine groups is 1. The predicted octanol–water partition coefficient (Wildman–Crippen LogP) is 3.54. The highest BCUT2D eigenvalue weighted by Crippen LogP contribution is 2.34. The first-order valence-corrected chi connectivity index (χ1v) is 5.49. The first-order valence-electron chi connectivity index (χ1n) is 5.11. The number of halogens is 4. The molecule has 3 nitrogen and oxygen atoms in total. The Morgan fingerprint density at radius 1 is 1.39 bits per heavy atom. The summed E-state index contributed by atoms with van der Waals surface area (Å²) in [6.07, 6.45) is -5.44. The molecule has 3 N–H and O–H groups in total. The summed E-state index contributed by atoms with van der Waals surface area (Å²) in [5, 5.41) is 0.987. The van der Waals surface area contributed by atoms with E-state index in [0.29, 0.717) is 16.0 Å². The summed E-state index contributed by atoms with van der Waals surface area (Å²) in [5.74, 6) is 5.24. The van der Waals surface area contributed by atoms with E-state index in [-0.39, 0.29) is 5.76 Å². The number of furan rings is 1. The monoisotopic (exact) mass is 278 g/mol. The number of nitrogens with one attached hydrogen (secondary N) is 1. The third kappa shape index (κ3) is 2.77. The van der Waals surface area contributed by atoms with Crippen LogP contribution in [0.5, 0.6) is 0 Å². The molecule has 98 valence electrons. The van der Waals surface area contributed by atoms with E-state index in [1.54, 1.807) is 18.2 Å². The SMILES string of the molecule is NNC(CC(F)(F)F)c1cc2cccc(Cl)c2o1. The van der Waals surface area contributed by atoms with Gasteiger partial charge in [0.25, 0.3) is 0 Å². The number of hydrogen-bond acceptors (Lipinski definition) is 3. The van der Waals surface area contributed by atoms with Crippen LogP contribution in [0.25, 0.3) is 11.0 Å². The van der Waals surface area contributed by atoms with Crippen LogP contribution in [0.15, 0.2) is 28.7 Å². The number of benzene rings is 1. The van der Waals surface area contributed by atoms with Crippen LogP contribution < -0.4 is 11.3 Å². The van der Waals surface area contributed by atoms with Crippen LogP contribution in [0.3, 0.4) is 0 Å². The second kappa shape index (κ2) is 4.79. The zero-order valence-corrected chi connectivity index (χ0v) is 9.85. The van der Waals surface area contributed by atoms with E-state index in [4.69, 9.17) is 21.9 Å². The largest absolute Gasteiger partial charge is 0.458 e. The zero-order chi connectivity index (χ0) is 13.3. The van der Waals surface area contributed by atoms with Crippen molar-refractivity contribution >= 4 is 22.6 Å². The molecule has 0 saturated carbocycles. The zero-order valence-electron chi connectivity index (χ0n) is 9.09. The van der Waals surface area contributed by atoms with Crippen LogP contribution in [-0.2, 0) is 0 Å². The van der Waals surface area contributed by atoms with Crippen LogP contribution in [0.2, 0.25) is 5.02 Å². The van der Waals surface area contributed by atoms with Gasteiger partial charge in [-0.1, -0.05) is 23.7 Å². The Labute approximate surface area is 106 Å². The molecule has 0 aliphatic heterocycles. The maximum Gasteiger partial charge on any atom is 0.391 e. The molecule has 1 atom stereocenters. The third-order valence-corrected chi connectivity index (χ3v) is 2.79. The minimum absolute atomic E-state index is 0.109. The topological polar surface area (TPSA) is 51.2 Å². The van der Waals surface area contributed by atoms with Crippen molar-refractivity contribution in [3.63, 3.8) is 0 Å². The van der Waals surface area contributed by atoms with Gasteiger partial charge in [-0.15, -0.1) is 0 Å². The molecule has 0 aliphatic carbocycles. The van der Waals surface area contributed by atoms with Gasteiger partial charge in [-0.05, 0) is 12.1 Å². The summed E-state index contributed by atoms with van der Waals surface area (Å²) in [7, 11) is 0. The van der Waals surface area contributed by atoms with E-state index in [2.05, 4.69) is 5.43 Å². The van der Waals surface area contributed by atoms with E-state index < -0.39 is 18.6 Å². The fourth-order valence-electron chi connectivity index (χ4n) is 1.69. The van der Waals surface area contributed by atoms with Crippen molar-refractivity contribution in [2.45, 2.75) is 18.6 Å². The molecule has 2 rings (SSSR count). The molecule has 0 fully saturated rings. The Morgan fingerprint density at radius 3 is 2.67 bits per heavy atom. The maximum atomic E-state index is 12.3.